The Morgan fingerprint density at radius 2 is 0.865 bits per heavy atom. The monoisotopic (exact) mass is 534 g/mol. The topological polar surface area (TPSA) is 71.1 Å². The highest BCUT2D eigenvalue weighted by atomic mass is 32.3. The van der Waals surface area contributed by atoms with Gasteiger partial charge in [0.15, 0.2) is 11.5 Å². The van der Waals surface area contributed by atoms with Gasteiger partial charge in [0.25, 0.3) is 0 Å². The first kappa shape index (κ1) is 31.1. The van der Waals surface area contributed by atoms with E-state index in [1.807, 2.05) is 24.3 Å². The second-order valence-corrected chi connectivity index (χ2v) is 10.8. The lowest BCUT2D eigenvalue weighted by molar-refractivity contribution is -0.162. The molecule has 0 atom stereocenters. The van der Waals surface area contributed by atoms with E-state index in [1.54, 1.807) is 24.3 Å². The van der Waals surface area contributed by atoms with E-state index < -0.39 is 10.4 Å². The van der Waals surface area contributed by atoms with Crippen LogP contribution in [0.4, 0.5) is 0 Å². The van der Waals surface area contributed by atoms with E-state index in [2.05, 4.69) is 22.5 Å². The molecule has 0 aliphatic heterocycles. The van der Waals surface area contributed by atoms with Gasteiger partial charge in [-0.3, -0.25) is 0 Å². The summed E-state index contributed by atoms with van der Waals surface area (Å²) in [5.74, 6) is 0.722. The van der Waals surface area contributed by atoms with Crippen LogP contribution in [0.5, 0.6) is 11.5 Å². The van der Waals surface area contributed by atoms with Crippen molar-refractivity contribution >= 4 is 10.4 Å². The van der Waals surface area contributed by atoms with Gasteiger partial charge in [-0.25, -0.2) is 0 Å². The lowest BCUT2D eigenvalue weighted by atomic mass is 10.0. The van der Waals surface area contributed by atoms with Crippen molar-refractivity contribution in [1.82, 2.24) is 0 Å². The second-order valence-electron chi connectivity index (χ2n) is 9.67. The molecule has 0 fully saturated rings. The molecule has 37 heavy (non-hydrogen) atoms. The predicted octanol–water partition coefficient (Wildman–Crippen LogP) is 8.84. The standard InChI is InChI=1S/C30H46O6S/c1-3-5-7-9-11-13-15-21-27-23-17-19-25-29(27)33-35-37(31,32)36-34-30-26-20-18-24-28(30)22-16-14-12-10-8-6-4-2/h17-20,23-26H,3-16,21-22H2,1-2H3. The van der Waals surface area contributed by atoms with Crippen molar-refractivity contribution in [1.29, 1.82) is 0 Å². The van der Waals surface area contributed by atoms with Crippen molar-refractivity contribution in [3.8, 4) is 11.5 Å². The highest BCUT2D eigenvalue weighted by Crippen LogP contribution is 2.24. The van der Waals surface area contributed by atoms with Gasteiger partial charge in [-0.2, -0.15) is 8.42 Å². The van der Waals surface area contributed by atoms with Crippen LogP contribution in [0, 0.1) is 0 Å². The van der Waals surface area contributed by atoms with E-state index in [0.717, 1.165) is 49.7 Å². The minimum Gasteiger partial charge on any atom is -0.319 e. The summed E-state index contributed by atoms with van der Waals surface area (Å²) in [4.78, 5) is 10.3. The fraction of sp³-hybridized carbons (Fsp3) is 0.600. The van der Waals surface area contributed by atoms with E-state index in [9.17, 15) is 8.42 Å². The van der Waals surface area contributed by atoms with Gasteiger partial charge in [-0.1, -0.05) is 127 Å². The van der Waals surface area contributed by atoms with E-state index in [-0.39, 0.29) is 0 Å². The molecule has 6 nitrogen and oxygen atoms in total. The molecule has 0 radical (unpaired) electrons. The molecule has 0 spiro atoms. The molecule has 0 aliphatic rings. The third kappa shape index (κ3) is 13.9. The molecule has 0 saturated heterocycles. The molecular weight excluding hydrogens is 488 g/mol. The SMILES string of the molecule is CCCCCCCCCc1ccccc1OOS(=O)(=O)OOc1ccccc1CCCCCCCCC. The molecule has 0 unspecified atom stereocenters. The van der Waals surface area contributed by atoms with Gasteiger partial charge in [0.05, 0.1) is 0 Å². The molecule has 0 aromatic heterocycles. The molecule has 0 aliphatic carbocycles. The third-order valence-corrected chi connectivity index (χ3v) is 6.93. The van der Waals surface area contributed by atoms with E-state index in [0.29, 0.717) is 11.5 Å². The van der Waals surface area contributed by atoms with Gasteiger partial charge < -0.3 is 9.78 Å². The lowest BCUT2D eigenvalue weighted by Crippen LogP contribution is -2.15. The van der Waals surface area contributed by atoms with Crippen molar-refractivity contribution < 1.29 is 26.9 Å². The highest BCUT2D eigenvalue weighted by molar-refractivity contribution is 7.81. The summed E-state index contributed by atoms with van der Waals surface area (Å²) in [7, 11) is -4.53. The molecule has 208 valence electrons. The Morgan fingerprint density at radius 1 is 0.514 bits per heavy atom. The van der Waals surface area contributed by atoms with E-state index >= 15 is 0 Å². The molecular formula is C30H46O6S. The lowest BCUT2D eigenvalue weighted by Gasteiger charge is -2.11. The number of hydrogen-bond acceptors (Lipinski definition) is 6. The van der Waals surface area contributed by atoms with Gasteiger partial charge in [0.2, 0.25) is 0 Å². The molecule has 2 rings (SSSR count). The van der Waals surface area contributed by atoms with Crippen LogP contribution in [0.25, 0.3) is 0 Å². The van der Waals surface area contributed by atoms with Gasteiger partial charge in [0.1, 0.15) is 0 Å². The summed E-state index contributed by atoms with van der Waals surface area (Å²) in [6.07, 6.45) is 18.4. The van der Waals surface area contributed by atoms with Gasteiger partial charge in [0, 0.05) is 0 Å². The van der Waals surface area contributed by atoms with Gasteiger partial charge >= 0.3 is 10.4 Å². The predicted molar refractivity (Wildman–Crippen MR) is 149 cm³/mol. The summed E-state index contributed by atoms with van der Waals surface area (Å²) in [6, 6.07) is 14.6. The first-order valence-corrected chi connectivity index (χ1v) is 15.5. The summed E-state index contributed by atoms with van der Waals surface area (Å²) >= 11 is 0. The van der Waals surface area contributed by atoms with Crippen molar-refractivity contribution in [2.75, 3.05) is 0 Å². The normalized spacial score (nSPS) is 11.5. The molecule has 0 amide bonds. The van der Waals surface area contributed by atoms with Crippen LogP contribution < -0.4 is 9.78 Å². The van der Waals surface area contributed by atoms with Gasteiger partial charge in [-0.15, -0.1) is 0 Å². The van der Waals surface area contributed by atoms with Crippen LogP contribution in [-0.2, 0) is 31.9 Å². The number of aryl methyl sites for hydroxylation is 2. The fourth-order valence-corrected chi connectivity index (χ4v) is 4.63. The number of hydrogen-bond donors (Lipinski definition) is 0. The molecule has 0 heterocycles. The summed E-state index contributed by atoms with van der Waals surface area (Å²) in [5, 5.41) is 0. The maximum absolute atomic E-state index is 12.3. The average molecular weight is 535 g/mol. The molecule has 2 aromatic carbocycles. The maximum Gasteiger partial charge on any atom is 0.470 e. The molecule has 0 saturated carbocycles. The second kappa shape index (κ2) is 19.0. The quantitative estimate of drug-likeness (QED) is 0.0853. The van der Waals surface area contributed by atoms with Crippen molar-refractivity contribution in [2.45, 2.75) is 117 Å². The average Bonchev–Trinajstić information content (AvgIpc) is 2.91. The first-order chi connectivity index (χ1) is 18.1. The van der Waals surface area contributed by atoms with Crippen LogP contribution in [0.1, 0.15) is 115 Å². The number of para-hydroxylation sites is 2. The Balaban J connectivity index is 1.77. The Bertz CT molecular complexity index is 889. The van der Waals surface area contributed by atoms with Crippen molar-refractivity contribution in [3.05, 3.63) is 59.7 Å². The van der Waals surface area contributed by atoms with Crippen molar-refractivity contribution in [3.63, 3.8) is 0 Å². The summed E-state index contributed by atoms with van der Waals surface area (Å²) in [6.45, 7) is 4.43. The minimum absolute atomic E-state index is 0.361. The molecule has 0 N–H and O–H groups in total. The Labute approximate surface area is 224 Å². The Kier molecular flexibility index (Phi) is 16.0. The maximum atomic E-state index is 12.3. The van der Waals surface area contributed by atoms with Crippen LogP contribution >= 0.6 is 0 Å². The first-order valence-electron chi connectivity index (χ1n) is 14.2. The molecule has 0 bridgehead atoms. The zero-order valence-electron chi connectivity index (χ0n) is 22.8. The molecule has 7 heteroatoms. The molecule has 2 aromatic rings. The number of unbranched alkanes of at least 4 members (excludes halogenated alkanes) is 12. The number of benzene rings is 2. The zero-order valence-corrected chi connectivity index (χ0v) is 23.6. The minimum atomic E-state index is -4.53. The smallest absolute Gasteiger partial charge is 0.319 e. The van der Waals surface area contributed by atoms with E-state index in [1.165, 1.54) is 64.2 Å². The van der Waals surface area contributed by atoms with Crippen molar-refractivity contribution in [2.24, 2.45) is 0 Å². The third-order valence-electron chi connectivity index (χ3n) is 6.46. The zero-order chi connectivity index (χ0) is 26.6. The highest BCUT2D eigenvalue weighted by Gasteiger charge is 2.19. The Hall–Kier alpha value is -2.09. The van der Waals surface area contributed by atoms with Crippen LogP contribution in [0.3, 0.4) is 0 Å². The number of rotatable bonds is 22. The Morgan fingerprint density at radius 3 is 1.27 bits per heavy atom. The van der Waals surface area contributed by atoms with Gasteiger partial charge in [-0.05, 0) is 57.6 Å². The fourth-order valence-electron chi connectivity index (χ4n) is 4.30. The van der Waals surface area contributed by atoms with E-state index in [4.69, 9.17) is 9.78 Å². The summed E-state index contributed by atoms with van der Waals surface area (Å²) in [5.41, 5.74) is 1.79. The van der Waals surface area contributed by atoms with Crippen LogP contribution in [0.15, 0.2) is 48.5 Å². The van der Waals surface area contributed by atoms with Crippen LogP contribution in [0.2, 0.25) is 0 Å². The summed E-state index contributed by atoms with van der Waals surface area (Å²) < 4.78 is 33.9. The van der Waals surface area contributed by atoms with Crippen LogP contribution in [-0.4, -0.2) is 8.42 Å². The largest absolute Gasteiger partial charge is 0.470 e.